The van der Waals surface area contributed by atoms with Crippen molar-refractivity contribution in [2.45, 2.75) is 33.2 Å². The zero-order chi connectivity index (χ0) is 23.0. The van der Waals surface area contributed by atoms with Gasteiger partial charge in [-0.1, -0.05) is 30.3 Å². The molecule has 2 heterocycles. The minimum Gasteiger partial charge on any atom is -0.352 e. The molecule has 0 saturated carbocycles. The molecule has 0 unspecified atom stereocenters. The Kier molecular flexibility index (Phi) is 7.92. The summed E-state index contributed by atoms with van der Waals surface area (Å²) in [7, 11) is 0. The van der Waals surface area contributed by atoms with E-state index in [1.54, 1.807) is 0 Å². The maximum absolute atomic E-state index is 12.5. The first-order chi connectivity index (χ1) is 16.1. The first kappa shape index (κ1) is 23.2. The first-order valence-corrected chi connectivity index (χ1v) is 12.0. The van der Waals surface area contributed by atoms with Gasteiger partial charge in [0.2, 0.25) is 0 Å². The molecule has 0 atom stereocenters. The number of amides is 1. The van der Waals surface area contributed by atoms with Gasteiger partial charge in [0.25, 0.3) is 5.91 Å². The Hall–Kier alpha value is -2.96. The van der Waals surface area contributed by atoms with Crippen LogP contribution < -0.4 is 5.32 Å². The molecule has 1 N–H and O–H groups in total. The van der Waals surface area contributed by atoms with Crippen LogP contribution in [0.4, 0.5) is 0 Å². The van der Waals surface area contributed by atoms with Crippen LogP contribution in [0, 0.1) is 13.8 Å². The SMILES string of the molecule is Cc1cc(C)n(-c2ccc(C(=O)NCCCCN3CCN(Cc4ccccc4)CC3)cc2)n1. The highest BCUT2D eigenvalue weighted by atomic mass is 16.1. The molecule has 3 aromatic rings. The number of carbonyl (C=O) groups is 1. The van der Waals surface area contributed by atoms with Crippen molar-refractivity contribution < 1.29 is 4.79 Å². The molecule has 174 valence electrons. The van der Waals surface area contributed by atoms with Crippen LogP contribution in [0.1, 0.15) is 40.2 Å². The summed E-state index contributed by atoms with van der Waals surface area (Å²) in [5, 5.41) is 7.55. The molecule has 0 bridgehead atoms. The summed E-state index contributed by atoms with van der Waals surface area (Å²) in [4.78, 5) is 17.5. The first-order valence-electron chi connectivity index (χ1n) is 12.0. The third kappa shape index (κ3) is 6.53. The molecule has 6 heteroatoms. The summed E-state index contributed by atoms with van der Waals surface area (Å²) < 4.78 is 1.90. The second kappa shape index (κ2) is 11.3. The summed E-state index contributed by atoms with van der Waals surface area (Å²) in [5.74, 6) is -0.00977. The van der Waals surface area contributed by atoms with Gasteiger partial charge >= 0.3 is 0 Å². The van der Waals surface area contributed by atoms with E-state index in [-0.39, 0.29) is 5.91 Å². The average molecular weight is 446 g/mol. The van der Waals surface area contributed by atoms with Gasteiger partial charge in [-0.2, -0.15) is 5.10 Å². The van der Waals surface area contributed by atoms with Crippen LogP contribution in [0.5, 0.6) is 0 Å². The van der Waals surface area contributed by atoms with E-state index in [0.29, 0.717) is 12.1 Å². The number of hydrogen-bond acceptors (Lipinski definition) is 4. The molecule has 0 aliphatic carbocycles. The number of nitrogens with one attached hydrogen (secondary N) is 1. The predicted octanol–water partition coefficient (Wildman–Crippen LogP) is 3.82. The van der Waals surface area contributed by atoms with E-state index < -0.39 is 0 Å². The molecule has 1 fully saturated rings. The van der Waals surface area contributed by atoms with Crippen molar-refractivity contribution in [3.05, 3.63) is 83.2 Å². The highest BCUT2D eigenvalue weighted by molar-refractivity contribution is 5.94. The maximum atomic E-state index is 12.5. The zero-order valence-electron chi connectivity index (χ0n) is 19.8. The van der Waals surface area contributed by atoms with Crippen molar-refractivity contribution in [2.75, 3.05) is 39.3 Å². The molecule has 6 nitrogen and oxygen atoms in total. The topological polar surface area (TPSA) is 53.4 Å². The van der Waals surface area contributed by atoms with Gasteiger partial charge in [-0.05, 0) is 69.1 Å². The van der Waals surface area contributed by atoms with Crippen molar-refractivity contribution in [3.63, 3.8) is 0 Å². The highest BCUT2D eigenvalue weighted by Gasteiger charge is 2.16. The van der Waals surface area contributed by atoms with E-state index in [2.05, 4.69) is 50.5 Å². The lowest BCUT2D eigenvalue weighted by Gasteiger charge is -2.34. The predicted molar refractivity (Wildman–Crippen MR) is 133 cm³/mol. The third-order valence-corrected chi connectivity index (χ3v) is 6.28. The number of hydrogen-bond donors (Lipinski definition) is 1. The third-order valence-electron chi connectivity index (χ3n) is 6.28. The van der Waals surface area contributed by atoms with Gasteiger partial charge in [0.05, 0.1) is 11.4 Å². The summed E-state index contributed by atoms with van der Waals surface area (Å²) in [6, 6.07) is 20.4. The number of nitrogens with zero attached hydrogens (tertiary/aromatic N) is 4. The van der Waals surface area contributed by atoms with Crippen molar-refractivity contribution in [2.24, 2.45) is 0 Å². The van der Waals surface area contributed by atoms with Gasteiger partial charge in [-0.3, -0.25) is 9.69 Å². The summed E-state index contributed by atoms with van der Waals surface area (Å²) in [6.45, 7) is 11.4. The molecular formula is C27H35N5O. The van der Waals surface area contributed by atoms with Crippen LogP contribution >= 0.6 is 0 Å². The Bertz CT molecular complexity index is 1020. The molecule has 0 radical (unpaired) electrons. The summed E-state index contributed by atoms with van der Waals surface area (Å²) in [5.41, 5.74) is 5.13. The largest absolute Gasteiger partial charge is 0.352 e. The van der Waals surface area contributed by atoms with E-state index in [4.69, 9.17) is 0 Å². The van der Waals surface area contributed by atoms with E-state index in [9.17, 15) is 4.79 Å². The minimum atomic E-state index is -0.00977. The summed E-state index contributed by atoms with van der Waals surface area (Å²) in [6.07, 6.45) is 2.11. The molecule has 0 spiro atoms. The lowest BCUT2D eigenvalue weighted by molar-refractivity contribution is 0.0951. The number of carbonyl (C=O) groups excluding carboxylic acids is 1. The fourth-order valence-corrected chi connectivity index (χ4v) is 4.42. The lowest BCUT2D eigenvalue weighted by atomic mass is 10.2. The van der Waals surface area contributed by atoms with Gasteiger partial charge in [0.1, 0.15) is 0 Å². The van der Waals surface area contributed by atoms with Crippen LogP contribution in [0.3, 0.4) is 0 Å². The van der Waals surface area contributed by atoms with Crippen LogP contribution in [-0.4, -0.2) is 64.8 Å². The quantitative estimate of drug-likeness (QED) is 0.509. The second-order valence-electron chi connectivity index (χ2n) is 8.95. The summed E-state index contributed by atoms with van der Waals surface area (Å²) >= 11 is 0. The minimum absolute atomic E-state index is 0.00977. The van der Waals surface area contributed by atoms with Crippen LogP contribution in [0.25, 0.3) is 5.69 Å². The van der Waals surface area contributed by atoms with E-state index in [1.807, 2.05) is 48.9 Å². The van der Waals surface area contributed by atoms with Gasteiger partial charge in [-0.15, -0.1) is 0 Å². The Labute approximate surface area is 197 Å². The van der Waals surface area contributed by atoms with Crippen LogP contribution in [0.2, 0.25) is 0 Å². The molecule has 1 saturated heterocycles. The molecular weight excluding hydrogens is 410 g/mol. The molecule has 33 heavy (non-hydrogen) atoms. The van der Waals surface area contributed by atoms with Gasteiger partial charge in [0, 0.05) is 50.5 Å². The van der Waals surface area contributed by atoms with Crippen molar-refractivity contribution in [1.82, 2.24) is 24.9 Å². The molecule has 1 amide bonds. The van der Waals surface area contributed by atoms with E-state index in [0.717, 1.165) is 69.2 Å². The fourth-order valence-electron chi connectivity index (χ4n) is 4.42. The van der Waals surface area contributed by atoms with Crippen molar-refractivity contribution in [3.8, 4) is 5.69 Å². The van der Waals surface area contributed by atoms with Crippen LogP contribution in [0.15, 0.2) is 60.7 Å². The Morgan fingerprint density at radius 3 is 2.27 bits per heavy atom. The highest BCUT2D eigenvalue weighted by Crippen LogP contribution is 2.13. The van der Waals surface area contributed by atoms with Crippen molar-refractivity contribution >= 4 is 5.91 Å². The monoisotopic (exact) mass is 445 g/mol. The molecule has 1 aromatic heterocycles. The Morgan fingerprint density at radius 2 is 1.61 bits per heavy atom. The van der Waals surface area contributed by atoms with Crippen molar-refractivity contribution in [1.29, 1.82) is 0 Å². The van der Waals surface area contributed by atoms with Gasteiger partial charge in [-0.25, -0.2) is 4.68 Å². The van der Waals surface area contributed by atoms with E-state index >= 15 is 0 Å². The maximum Gasteiger partial charge on any atom is 0.251 e. The second-order valence-corrected chi connectivity index (χ2v) is 8.95. The smallest absolute Gasteiger partial charge is 0.251 e. The fraction of sp³-hybridized carbons (Fsp3) is 0.407. The van der Waals surface area contributed by atoms with Crippen LogP contribution in [-0.2, 0) is 6.54 Å². The molecule has 1 aliphatic rings. The number of piperazine rings is 1. The van der Waals surface area contributed by atoms with E-state index in [1.165, 1.54) is 5.56 Å². The number of aromatic nitrogens is 2. The number of aryl methyl sites for hydroxylation is 2. The lowest BCUT2D eigenvalue weighted by Crippen LogP contribution is -2.46. The molecule has 1 aliphatic heterocycles. The van der Waals surface area contributed by atoms with Gasteiger partial charge in [0.15, 0.2) is 0 Å². The molecule has 2 aromatic carbocycles. The normalized spacial score (nSPS) is 15.0. The number of unbranched alkanes of at least 4 members (excludes halogenated alkanes) is 1. The Morgan fingerprint density at radius 1 is 0.909 bits per heavy atom. The van der Waals surface area contributed by atoms with Gasteiger partial charge < -0.3 is 10.2 Å². The zero-order valence-corrected chi connectivity index (χ0v) is 19.8. The average Bonchev–Trinajstić information content (AvgIpc) is 3.18. The number of benzene rings is 2. The number of rotatable bonds is 9. The molecule has 4 rings (SSSR count). The standard InChI is InChI=1S/C27H35N5O/c1-22-20-23(2)32(29-22)26-12-10-25(11-13-26)27(33)28-14-6-7-15-30-16-18-31(19-17-30)21-24-8-4-3-5-9-24/h3-5,8-13,20H,6-7,14-19,21H2,1-2H3,(H,28,33). The Balaban J connectivity index is 1.12.